The van der Waals surface area contributed by atoms with Gasteiger partial charge in [0.25, 0.3) is 0 Å². The van der Waals surface area contributed by atoms with Crippen molar-refractivity contribution in [1.82, 2.24) is 0 Å². The summed E-state index contributed by atoms with van der Waals surface area (Å²) in [5.41, 5.74) is 0. The highest BCUT2D eigenvalue weighted by Gasteiger charge is 2.17. The van der Waals surface area contributed by atoms with Crippen LogP contribution in [0.3, 0.4) is 0 Å². The Bertz CT molecular complexity index is 390. The molecule has 0 aliphatic carbocycles. The Kier molecular flexibility index (Phi) is 6.20. The summed E-state index contributed by atoms with van der Waals surface area (Å²) in [6, 6.07) is 7.13. The summed E-state index contributed by atoms with van der Waals surface area (Å²) in [5, 5.41) is 0.617. The molecule has 0 aliphatic heterocycles. The summed E-state index contributed by atoms with van der Waals surface area (Å²) in [7, 11) is 0. The van der Waals surface area contributed by atoms with Gasteiger partial charge in [-0.25, -0.2) is 0 Å². The van der Waals surface area contributed by atoms with Crippen LogP contribution < -0.4 is 4.74 Å². The summed E-state index contributed by atoms with van der Waals surface area (Å²) in [4.78, 5) is 12.0. The monoisotopic (exact) mass is 268 g/mol. The minimum absolute atomic E-state index is 0.149. The molecule has 0 saturated heterocycles. The van der Waals surface area contributed by atoms with E-state index >= 15 is 0 Å². The van der Waals surface area contributed by atoms with E-state index < -0.39 is 6.10 Å². The molecule has 2 nitrogen and oxygen atoms in total. The fourth-order valence-electron chi connectivity index (χ4n) is 1.91. The second kappa shape index (κ2) is 7.42. The lowest BCUT2D eigenvalue weighted by Crippen LogP contribution is -2.25. The minimum atomic E-state index is -0.414. The summed E-state index contributed by atoms with van der Waals surface area (Å²) >= 11 is 5.87. The second-order valence-corrected chi connectivity index (χ2v) is 5.22. The van der Waals surface area contributed by atoms with Crippen LogP contribution in [0.5, 0.6) is 5.75 Å². The summed E-state index contributed by atoms with van der Waals surface area (Å²) in [6.07, 6.45) is 2.35. The van der Waals surface area contributed by atoms with E-state index in [2.05, 4.69) is 13.8 Å². The molecule has 0 N–H and O–H groups in total. The summed E-state index contributed by atoms with van der Waals surface area (Å²) in [5.74, 6) is 1.22. The van der Waals surface area contributed by atoms with Crippen LogP contribution in [0.2, 0.25) is 5.02 Å². The lowest BCUT2D eigenvalue weighted by molar-refractivity contribution is -0.126. The van der Waals surface area contributed by atoms with Crippen molar-refractivity contribution in [3.63, 3.8) is 0 Å². The third-order valence-corrected chi connectivity index (χ3v) is 3.13. The number of Topliss-reactive ketones (excluding diaryl/α,β-unsaturated/α-hetero) is 1. The van der Waals surface area contributed by atoms with E-state index in [4.69, 9.17) is 16.3 Å². The van der Waals surface area contributed by atoms with Crippen LogP contribution >= 0.6 is 11.6 Å². The van der Waals surface area contributed by atoms with Crippen LogP contribution in [0.15, 0.2) is 24.3 Å². The molecule has 0 fully saturated rings. The number of carbonyl (C=O) groups is 1. The predicted molar refractivity (Wildman–Crippen MR) is 75.2 cm³/mol. The van der Waals surface area contributed by atoms with Crippen molar-refractivity contribution in [2.75, 3.05) is 0 Å². The van der Waals surface area contributed by atoms with Crippen molar-refractivity contribution in [3.05, 3.63) is 29.3 Å². The highest BCUT2D eigenvalue weighted by atomic mass is 35.5. The standard InChI is InChI=1S/C15H21ClO2/c1-4-6-11(2)9-15(17)12(3)18-14-8-5-7-13(16)10-14/h5,7-8,10-12H,4,6,9H2,1-3H3. The number of carbonyl (C=O) groups excluding carboxylic acids is 1. The number of rotatable bonds is 7. The van der Waals surface area contributed by atoms with Crippen molar-refractivity contribution in [2.45, 2.75) is 46.1 Å². The molecule has 1 aromatic rings. The van der Waals surface area contributed by atoms with Gasteiger partial charge in [0.05, 0.1) is 0 Å². The molecule has 1 rings (SSSR count). The lowest BCUT2D eigenvalue weighted by atomic mass is 9.98. The number of hydrogen-bond donors (Lipinski definition) is 0. The number of ketones is 1. The van der Waals surface area contributed by atoms with E-state index in [-0.39, 0.29) is 5.78 Å². The minimum Gasteiger partial charge on any atom is -0.483 e. The van der Waals surface area contributed by atoms with Gasteiger partial charge in [0.2, 0.25) is 0 Å². The average molecular weight is 269 g/mol. The molecule has 0 radical (unpaired) electrons. The Labute approximate surface area is 114 Å². The topological polar surface area (TPSA) is 26.3 Å². The molecule has 3 heteroatoms. The van der Waals surface area contributed by atoms with Gasteiger partial charge >= 0.3 is 0 Å². The van der Waals surface area contributed by atoms with Gasteiger partial charge in [-0.3, -0.25) is 4.79 Å². The Morgan fingerprint density at radius 3 is 2.72 bits per heavy atom. The Hall–Kier alpha value is -1.02. The van der Waals surface area contributed by atoms with Gasteiger partial charge in [-0.05, 0) is 31.0 Å². The molecule has 0 aromatic heterocycles. The van der Waals surface area contributed by atoms with Crippen LogP contribution in [0, 0.1) is 5.92 Å². The van der Waals surface area contributed by atoms with Crippen molar-refractivity contribution in [3.8, 4) is 5.75 Å². The van der Waals surface area contributed by atoms with Crippen LogP contribution in [-0.4, -0.2) is 11.9 Å². The molecular weight excluding hydrogens is 248 g/mol. The van der Waals surface area contributed by atoms with E-state index in [1.54, 1.807) is 19.1 Å². The molecule has 0 bridgehead atoms. The second-order valence-electron chi connectivity index (χ2n) is 4.78. The number of hydrogen-bond acceptors (Lipinski definition) is 2. The molecule has 2 unspecified atom stereocenters. The maximum atomic E-state index is 12.0. The molecular formula is C15H21ClO2. The first kappa shape index (κ1) is 15.0. The smallest absolute Gasteiger partial charge is 0.173 e. The van der Waals surface area contributed by atoms with E-state index in [1.807, 2.05) is 12.1 Å². The Morgan fingerprint density at radius 1 is 1.39 bits per heavy atom. The zero-order valence-corrected chi connectivity index (χ0v) is 12.0. The quantitative estimate of drug-likeness (QED) is 0.728. The zero-order valence-electron chi connectivity index (χ0n) is 11.3. The lowest BCUT2D eigenvalue weighted by Gasteiger charge is -2.16. The fraction of sp³-hybridized carbons (Fsp3) is 0.533. The van der Waals surface area contributed by atoms with E-state index in [0.717, 1.165) is 12.8 Å². The van der Waals surface area contributed by atoms with E-state index in [0.29, 0.717) is 23.1 Å². The zero-order chi connectivity index (χ0) is 13.5. The van der Waals surface area contributed by atoms with Crippen molar-refractivity contribution in [1.29, 1.82) is 0 Å². The third-order valence-electron chi connectivity index (χ3n) is 2.89. The Morgan fingerprint density at radius 2 is 2.11 bits per heavy atom. The van der Waals surface area contributed by atoms with Crippen molar-refractivity contribution in [2.24, 2.45) is 5.92 Å². The predicted octanol–water partition coefficient (Wildman–Crippen LogP) is 4.50. The average Bonchev–Trinajstić information content (AvgIpc) is 2.29. The molecule has 0 aliphatic rings. The summed E-state index contributed by atoms with van der Waals surface area (Å²) in [6.45, 7) is 6.03. The van der Waals surface area contributed by atoms with Gasteiger partial charge in [0.1, 0.15) is 5.75 Å². The first-order valence-electron chi connectivity index (χ1n) is 6.47. The van der Waals surface area contributed by atoms with Gasteiger partial charge < -0.3 is 4.74 Å². The molecule has 0 saturated carbocycles. The van der Waals surface area contributed by atoms with E-state index in [9.17, 15) is 4.79 Å². The van der Waals surface area contributed by atoms with Gasteiger partial charge in [0.15, 0.2) is 11.9 Å². The van der Waals surface area contributed by atoms with Gasteiger partial charge in [0, 0.05) is 11.4 Å². The van der Waals surface area contributed by atoms with Crippen molar-refractivity contribution < 1.29 is 9.53 Å². The first-order valence-corrected chi connectivity index (χ1v) is 6.85. The van der Waals surface area contributed by atoms with Crippen LogP contribution in [0.25, 0.3) is 0 Å². The first-order chi connectivity index (χ1) is 8.52. The SMILES string of the molecule is CCCC(C)CC(=O)C(C)Oc1cccc(Cl)c1. The van der Waals surface area contributed by atoms with Crippen LogP contribution in [0.1, 0.15) is 40.0 Å². The summed E-state index contributed by atoms with van der Waals surface area (Å²) < 4.78 is 5.60. The van der Waals surface area contributed by atoms with Gasteiger partial charge in [-0.1, -0.05) is 44.4 Å². The fourth-order valence-corrected chi connectivity index (χ4v) is 2.09. The molecule has 2 atom stereocenters. The molecule has 0 spiro atoms. The Balaban J connectivity index is 2.49. The number of halogens is 1. The van der Waals surface area contributed by atoms with Crippen molar-refractivity contribution >= 4 is 17.4 Å². The third kappa shape index (κ3) is 5.09. The number of benzene rings is 1. The maximum Gasteiger partial charge on any atom is 0.173 e. The largest absolute Gasteiger partial charge is 0.483 e. The molecule has 0 amide bonds. The van der Waals surface area contributed by atoms with E-state index in [1.165, 1.54) is 0 Å². The molecule has 1 aromatic carbocycles. The van der Waals surface area contributed by atoms with Crippen LogP contribution in [-0.2, 0) is 4.79 Å². The molecule has 100 valence electrons. The molecule has 18 heavy (non-hydrogen) atoms. The molecule has 0 heterocycles. The highest BCUT2D eigenvalue weighted by Crippen LogP contribution is 2.19. The highest BCUT2D eigenvalue weighted by molar-refractivity contribution is 6.30. The van der Waals surface area contributed by atoms with Gasteiger partial charge in [-0.2, -0.15) is 0 Å². The maximum absolute atomic E-state index is 12.0. The van der Waals surface area contributed by atoms with Crippen LogP contribution in [0.4, 0.5) is 0 Å². The van der Waals surface area contributed by atoms with Gasteiger partial charge in [-0.15, -0.1) is 0 Å². The normalized spacial score (nSPS) is 14.0. The number of ether oxygens (including phenoxy) is 1.